The Bertz CT molecular complexity index is 739. The number of benzene rings is 1. The SMILES string of the molecule is Cc1nnc(SCC(=O)c2ccc(O)cc2O)n1C1CCCCC1. The van der Waals surface area contributed by atoms with Crippen LogP contribution < -0.4 is 0 Å². The molecule has 0 aliphatic heterocycles. The highest BCUT2D eigenvalue weighted by Gasteiger charge is 2.22. The molecule has 6 nitrogen and oxygen atoms in total. The summed E-state index contributed by atoms with van der Waals surface area (Å²) in [4.78, 5) is 12.3. The molecule has 1 aliphatic rings. The molecule has 0 radical (unpaired) electrons. The number of rotatable bonds is 5. The van der Waals surface area contributed by atoms with Crippen molar-refractivity contribution >= 4 is 17.5 Å². The molecule has 0 amide bonds. The maximum atomic E-state index is 12.3. The molecular weight excluding hydrogens is 326 g/mol. The summed E-state index contributed by atoms with van der Waals surface area (Å²) >= 11 is 1.34. The van der Waals surface area contributed by atoms with Gasteiger partial charge >= 0.3 is 0 Å². The Hall–Kier alpha value is -2.02. The molecular formula is C17H21N3O3S. The number of hydrogen-bond donors (Lipinski definition) is 2. The third-order valence-electron chi connectivity index (χ3n) is 4.39. The molecule has 2 N–H and O–H groups in total. The second-order valence-corrected chi connectivity index (χ2v) is 7.05. The highest BCUT2D eigenvalue weighted by Crippen LogP contribution is 2.33. The van der Waals surface area contributed by atoms with E-state index < -0.39 is 0 Å². The Balaban J connectivity index is 1.71. The Labute approximate surface area is 144 Å². The van der Waals surface area contributed by atoms with Gasteiger partial charge in [0.15, 0.2) is 10.9 Å². The number of ketones is 1. The van der Waals surface area contributed by atoms with Gasteiger partial charge in [0.05, 0.1) is 11.3 Å². The van der Waals surface area contributed by atoms with E-state index in [1.54, 1.807) is 0 Å². The Morgan fingerprint density at radius 3 is 2.71 bits per heavy atom. The van der Waals surface area contributed by atoms with Crippen LogP contribution in [0.5, 0.6) is 11.5 Å². The molecule has 1 aromatic carbocycles. The van der Waals surface area contributed by atoms with Crippen LogP contribution in [0.2, 0.25) is 0 Å². The maximum absolute atomic E-state index is 12.3. The standard InChI is InChI=1S/C17H21N3O3S/c1-11-18-19-17(20(11)12-5-3-2-4-6-12)24-10-16(23)14-8-7-13(21)9-15(14)22/h7-9,12,21-22H,2-6,10H2,1H3. The average molecular weight is 347 g/mol. The van der Waals surface area contributed by atoms with E-state index in [1.165, 1.54) is 49.2 Å². The quantitative estimate of drug-likeness (QED) is 0.636. The van der Waals surface area contributed by atoms with E-state index in [0.717, 1.165) is 23.8 Å². The van der Waals surface area contributed by atoms with Gasteiger partial charge in [-0.1, -0.05) is 31.0 Å². The van der Waals surface area contributed by atoms with Crippen LogP contribution in [0.1, 0.15) is 54.3 Å². The number of carbonyl (C=O) groups is 1. The molecule has 0 saturated heterocycles. The highest BCUT2D eigenvalue weighted by molar-refractivity contribution is 7.99. The molecule has 2 aromatic rings. The van der Waals surface area contributed by atoms with Crippen molar-refractivity contribution < 1.29 is 15.0 Å². The zero-order valence-electron chi connectivity index (χ0n) is 13.6. The van der Waals surface area contributed by atoms with Crippen molar-refractivity contribution in [2.45, 2.75) is 50.2 Å². The minimum Gasteiger partial charge on any atom is -0.508 e. The van der Waals surface area contributed by atoms with Gasteiger partial charge in [0.1, 0.15) is 17.3 Å². The van der Waals surface area contributed by atoms with Gasteiger partial charge in [-0.2, -0.15) is 0 Å². The van der Waals surface area contributed by atoms with Gasteiger partial charge in [0.2, 0.25) is 0 Å². The number of Topliss-reactive ketones (excluding diaryl/α,β-unsaturated/α-hetero) is 1. The van der Waals surface area contributed by atoms with Crippen LogP contribution in [-0.4, -0.2) is 36.5 Å². The second kappa shape index (κ2) is 7.25. The summed E-state index contributed by atoms with van der Waals surface area (Å²) in [6.07, 6.45) is 5.95. The Kier molecular flexibility index (Phi) is 5.08. The highest BCUT2D eigenvalue weighted by atomic mass is 32.2. The van der Waals surface area contributed by atoms with Gasteiger partial charge in [-0.3, -0.25) is 4.79 Å². The molecule has 0 bridgehead atoms. The molecule has 3 rings (SSSR count). The number of hydrogen-bond acceptors (Lipinski definition) is 6. The fourth-order valence-corrected chi connectivity index (χ4v) is 4.11. The van der Waals surface area contributed by atoms with Gasteiger partial charge in [0.25, 0.3) is 0 Å². The molecule has 1 aromatic heterocycles. The summed E-state index contributed by atoms with van der Waals surface area (Å²) in [7, 11) is 0. The minimum absolute atomic E-state index is 0.0654. The first kappa shape index (κ1) is 16.8. The molecule has 1 heterocycles. The molecule has 24 heavy (non-hydrogen) atoms. The lowest BCUT2D eigenvalue weighted by Crippen LogP contribution is -2.15. The van der Waals surface area contributed by atoms with Gasteiger partial charge in [-0.05, 0) is 31.9 Å². The van der Waals surface area contributed by atoms with Crippen LogP contribution in [0.3, 0.4) is 0 Å². The lowest BCUT2D eigenvalue weighted by Gasteiger charge is -2.24. The van der Waals surface area contributed by atoms with Gasteiger partial charge in [-0.25, -0.2) is 0 Å². The zero-order valence-corrected chi connectivity index (χ0v) is 14.4. The average Bonchev–Trinajstić information content (AvgIpc) is 2.94. The number of nitrogens with zero attached hydrogens (tertiary/aromatic N) is 3. The predicted octanol–water partition coefficient (Wildman–Crippen LogP) is 3.48. The van der Waals surface area contributed by atoms with Crippen LogP contribution in [-0.2, 0) is 0 Å². The van der Waals surface area contributed by atoms with Crippen molar-refractivity contribution in [3.05, 3.63) is 29.6 Å². The van der Waals surface area contributed by atoms with Crippen LogP contribution in [0.25, 0.3) is 0 Å². The summed E-state index contributed by atoms with van der Waals surface area (Å²) < 4.78 is 2.15. The normalized spacial score (nSPS) is 15.5. The minimum atomic E-state index is -0.203. The van der Waals surface area contributed by atoms with E-state index in [-0.39, 0.29) is 28.6 Å². The topological polar surface area (TPSA) is 88.2 Å². The number of carbonyl (C=O) groups excluding carboxylic acids is 1. The fraction of sp³-hybridized carbons (Fsp3) is 0.471. The van der Waals surface area contributed by atoms with E-state index in [4.69, 9.17) is 0 Å². The van der Waals surface area contributed by atoms with Gasteiger partial charge < -0.3 is 14.8 Å². The predicted molar refractivity (Wildman–Crippen MR) is 91.7 cm³/mol. The fourth-order valence-electron chi connectivity index (χ4n) is 3.17. The second-order valence-electron chi connectivity index (χ2n) is 6.10. The molecule has 0 spiro atoms. The van der Waals surface area contributed by atoms with Crippen molar-refractivity contribution in [2.24, 2.45) is 0 Å². The first-order valence-corrected chi connectivity index (χ1v) is 9.14. The Morgan fingerprint density at radius 2 is 2.00 bits per heavy atom. The van der Waals surface area contributed by atoms with E-state index in [0.29, 0.717) is 6.04 Å². The summed E-state index contributed by atoms with van der Waals surface area (Å²) in [6, 6.07) is 4.41. The number of aromatic nitrogens is 3. The van der Waals surface area contributed by atoms with E-state index >= 15 is 0 Å². The van der Waals surface area contributed by atoms with Gasteiger partial charge in [-0.15, -0.1) is 10.2 Å². The van der Waals surface area contributed by atoms with Crippen LogP contribution in [0, 0.1) is 6.92 Å². The third kappa shape index (κ3) is 3.56. The van der Waals surface area contributed by atoms with E-state index in [2.05, 4.69) is 14.8 Å². The lowest BCUT2D eigenvalue weighted by atomic mass is 9.95. The Morgan fingerprint density at radius 1 is 1.25 bits per heavy atom. The molecule has 1 fully saturated rings. The molecule has 0 unspecified atom stereocenters. The van der Waals surface area contributed by atoms with Gasteiger partial charge in [0, 0.05) is 12.1 Å². The molecule has 0 atom stereocenters. The van der Waals surface area contributed by atoms with Crippen molar-refractivity contribution in [1.82, 2.24) is 14.8 Å². The first-order chi connectivity index (χ1) is 11.6. The first-order valence-electron chi connectivity index (χ1n) is 8.15. The smallest absolute Gasteiger partial charge is 0.191 e. The largest absolute Gasteiger partial charge is 0.508 e. The summed E-state index contributed by atoms with van der Waals surface area (Å²) in [5.41, 5.74) is 0.209. The van der Waals surface area contributed by atoms with E-state index in [1.807, 2.05) is 6.92 Å². The molecule has 1 saturated carbocycles. The van der Waals surface area contributed by atoms with Crippen molar-refractivity contribution in [1.29, 1.82) is 0 Å². The molecule has 128 valence electrons. The summed E-state index contributed by atoms with van der Waals surface area (Å²) in [6.45, 7) is 1.94. The third-order valence-corrected chi connectivity index (χ3v) is 5.33. The number of phenols is 2. The monoisotopic (exact) mass is 347 g/mol. The number of aromatic hydroxyl groups is 2. The van der Waals surface area contributed by atoms with Crippen LogP contribution in [0.15, 0.2) is 23.4 Å². The van der Waals surface area contributed by atoms with Crippen molar-refractivity contribution in [3.8, 4) is 11.5 Å². The number of thioether (sulfide) groups is 1. The molecule has 7 heteroatoms. The van der Waals surface area contributed by atoms with Crippen LogP contribution >= 0.6 is 11.8 Å². The zero-order chi connectivity index (χ0) is 17.1. The number of aryl methyl sites for hydroxylation is 1. The maximum Gasteiger partial charge on any atom is 0.191 e. The van der Waals surface area contributed by atoms with E-state index in [9.17, 15) is 15.0 Å². The van der Waals surface area contributed by atoms with Crippen molar-refractivity contribution in [2.75, 3.05) is 5.75 Å². The summed E-state index contributed by atoms with van der Waals surface area (Å²) in [5.74, 6) is 0.580. The lowest BCUT2D eigenvalue weighted by molar-refractivity contribution is 0.102. The molecule has 1 aliphatic carbocycles. The van der Waals surface area contributed by atoms with Crippen LogP contribution in [0.4, 0.5) is 0 Å². The number of phenolic OH excluding ortho intramolecular Hbond substituents is 2. The van der Waals surface area contributed by atoms with Crippen molar-refractivity contribution in [3.63, 3.8) is 0 Å². The summed E-state index contributed by atoms with van der Waals surface area (Å²) in [5, 5.41) is 28.3.